The Balaban J connectivity index is 2.53. The van der Waals surface area contributed by atoms with Gasteiger partial charge in [-0.1, -0.05) is 12.1 Å². The molecule has 1 aromatic rings. The first kappa shape index (κ1) is 18.9. The molecule has 0 atom stereocenters. The van der Waals surface area contributed by atoms with Crippen molar-refractivity contribution in [2.75, 3.05) is 26.0 Å². The van der Waals surface area contributed by atoms with Gasteiger partial charge in [0.2, 0.25) is 15.9 Å². The largest absolute Gasteiger partial charge is 0.482 e. The van der Waals surface area contributed by atoms with E-state index in [9.17, 15) is 18.0 Å². The molecule has 0 aliphatic heterocycles. The molecule has 23 heavy (non-hydrogen) atoms. The minimum Gasteiger partial charge on any atom is -0.482 e. The summed E-state index contributed by atoms with van der Waals surface area (Å²) in [4.78, 5) is 22.2. The highest BCUT2D eigenvalue weighted by Gasteiger charge is 2.17. The van der Waals surface area contributed by atoms with Crippen LogP contribution in [0.2, 0.25) is 0 Å². The fourth-order valence-electron chi connectivity index (χ4n) is 1.67. The molecule has 0 aliphatic carbocycles. The molecule has 128 valence electrons. The standard InChI is InChI=1S/C14H20N2O6S/c1-3-23(20,21)16(2)9-13(17)15-8-11-5-4-6-12(7-11)22-10-14(18)19/h4-7H,3,8-10H2,1-2H3,(H,15,17)(H,18,19). The first-order valence-electron chi connectivity index (χ1n) is 6.89. The summed E-state index contributed by atoms with van der Waals surface area (Å²) in [5.74, 6) is -1.20. The SMILES string of the molecule is CCS(=O)(=O)N(C)CC(=O)NCc1cccc(OCC(=O)O)c1. The molecular formula is C14H20N2O6S. The molecule has 2 N–H and O–H groups in total. The molecule has 1 aromatic carbocycles. The lowest BCUT2D eigenvalue weighted by Crippen LogP contribution is -2.38. The fraction of sp³-hybridized carbons (Fsp3) is 0.429. The van der Waals surface area contributed by atoms with Crippen LogP contribution in [0.1, 0.15) is 12.5 Å². The number of amides is 1. The highest BCUT2D eigenvalue weighted by Crippen LogP contribution is 2.13. The first-order valence-corrected chi connectivity index (χ1v) is 8.49. The van der Waals surface area contributed by atoms with Gasteiger partial charge in [-0.15, -0.1) is 0 Å². The van der Waals surface area contributed by atoms with Gasteiger partial charge in [0.15, 0.2) is 6.61 Å². The Labute approximate surface area is 135 Å². The van der Waals surface area contributed by atoms with Crippen LogP contribution in [0.15, 0.2) is 24.3 Å². The van der Waals surface area contributed by atoms with Crippen molar-refractivity contribution in [2.24, 2.45) is 0 Å². The van der Waals surface area contributed by atoms with Crippen LogP contribution < -0.4 is 10.1 Å². The molecule has 1 amide bonds. The molecule has 0 aromatic heterocycles. The van der Waals surface area contributed by atoms with Crippen LogP contribution >= 0.6 is 0 Å². The summed E-state index contributed by atoms with van der Waals surface area (Å²) < 4.78 is 29.2. The summed E-state index contributed by atoms with van der Waals surface area (Å²) in [6.07, 6.45) is 0. The van der Waals surface area contributed by atoms with Crippen LogP contribution in [0.3, 0.4) is 0 Å². The van der Waals surface area contributed by atoms with Crippen molar-refractivity contribution in [1.82, 2.24) is 9.62 Å². The van der Waals surface area contributed by atoms with E-state index in [-0.39, 0.29) is 18.8 Å². The normalized spacial score (nSPS) is 11.3. The van der Waals surface area contributed by atoms with Gasteiger partial charge in [0, 0.05) is 13.6 Å². The van der Waals surface area contributed by atoms with E-state index in [0.717, 1.165) is 4.31 Å². The third-order valence-electron chi connectivity index (χ3n) is 2.96. The average molecular weight is 344 g/mol. The Morgan fingerprint density at radius 1 is 1.35 bits per heavy atom. The number of carboxylic acids is 1. The molecule has 9 heteroatoms. The van der Waals surface area contributed by atoms with Crippen molar-refractivity contribution in [3.8, 4) is 5.75 Å². The number of ether oxygens (including phenoxy) is 1. The number of carboxylic acid groups (broad SMARTS) is 1. The Bertz CT molecular complexity index is 659. The zero-order chi connectivity index (χ0) is 17.5. The van der Waals surface area contributed by atoms with E-state index < -0.39 is 28.5 Å². The second-order valence-corrected chi connectivity index (χ2v) is 7.13. The predicted octanol–water partition coefficient (Wildman–Crippen LogP) is 0.0477. The molecule has 1 rings (SSSR count). The quantitative estimate of drug-likeness (QED) is 0.654. The van der Waals surface area contributed by atoms with E-state index in [1.54, 1.807) is 24.3 Å². The Hall–Kier alpha value is -2.13. The molecule has 0 aliphatic rings. The lowest BCUT2D eigenvalue weighted by Gasteiger charge is -2.15. The number of carbonyl (C=O) groups is 2. The lowest BCUT2D eigenvalue weighted by atomic mass is 10.2. The van der Waals surface area contributed by atoms with Crippen molar-refractivity contribution < 1.29 is 27.9 Å². The van der Waals surface area contributed by atoms with Crippen molar-refractivity contribution in [1.29, 1.82) is 0 Å². The van der Waals surface area contributed by atoms with Crippen LogP contribution in [0.4, 0.5) is 0 Å². The van der Waals surface area contributed by atoms with E-state index in [4.69, 9.17) is 9.84 Å². The zero-order valence-corrected chi connectivity index (χ0v) is 13.8. The van der Waals surface area contributed by atoms with Crippen LogP contribution in [0.25, 0.3) is 0 Å². The fourth-order valence-corrected chi connectivity index (χ4v) is 2.42. The van der Waals surface area contributed by atoms with Crippen LogP contribution in [-0.4, -0.2) is 55.7 Å². The predicted molar refractivity (Wildman–Crippen MR) is 83.5 cm³/mol. The summed E-state index contributed by atoms with van der Waals surface area (Å²) in [6.45, 7) is 0.982. The molecule has 0 radical (unpaired) electrons. The van der Waals surface area contributed by atoms with E-state index in [2.05, 4.69) is 5.32 Å². The second kappa shape index (κ2) is 8.49. The Morgan fingerprint density at radius 2 is 2.04 bits per heavy atom. The Morgan fingerprint density at radius 3 is 2.65 bits per heavy atom. The number of likely N-dealkylation sites (N-methyl/N-ethyl adjacent to an activating group) is 1. The van der Waals surface area contributed by atoms with E-state index in [0.29, 0.717) is 11.3 Å². The number of hydrogen-bond donors (Lipinski definition) is 2. The van der Waals surface area contributed by atoms with Gasteiger partial charge >= 0.3 is 5.97 Å². The lowest BCUT2D eigenvalue weighted by molar-refractivity contribution is -0.139. The molecular weight excluding hydrogens is 324 g/mol. The number of hydrogen-bond acceptors (Lipinski definition) is 5. The van der Waals surface area contributed by atoms with Crippen LogP contribution in [0.5, 0.6) is 5.75 Å². The summed E-state index contributed by atoms with van der Waals surface area (Å²) in [5.41, 5.74) is 0.710. The number of benzene rings is 1. The van der Waals surface area contributed by atoms with Gasteiger partial charge in [0.25, 0.3) is 0 Å². The third kappa shape index (κ3) is 6.66. The number of aliphatic carboxylic acids is 1. The first-order chi connectivity index (χ1) is 10.7. The summed E-state index contributed by atoms with van der Waals surface area (Å²) >= 11 is 0. The molecule has 0 unspecified atom stereocenters. The van der Waals surface area contributed by atoms with Crippen molar-refractivity contribution in [3.63, 3.8) is 0 Å². The van der Waals surface area contributed by atoms with Gasteiger partial charge in [0.1, 0.15) is 5.75 Å². The van der Waals surface area contributed by atoms with E-state index in [1.165, 1.54) is 14.0 Å². The van der Waals surface area contributed by atoms with Crippen molar-refractivity contribution in [2.45, 2.75) is 13.5 Å². The highest BCUT2D eigenvalue weighted by atomic mass is 32.2. The number of nitrogens with one attached hydrogen (secondary N) is 1. The van der Waals surface area contributed by atoms with Crippen LogP contribution in [-0.2, 0) is 26.2 Å². The molecule has 0 fully saturated rings. The summed E-state index contributed by atoms with van der Waals surface area (Å²) in [5, 5.41) is 11.2. The van der Waals surface area contributed by atoms with Gasteiger partial charge in [0.05, 0.1) is 12.3 Å². The summed E-state index contributed by atoms with van der Waals surface area (Å²) in [7, 11) is -2.06. The molecule has 0 heterocycles. The molecule has 0 spiro atoms. The number of rotatable bonds is 9. The van der Waals surface area contributed by atoms with E-state index >= 15 is 0 Å². The van der Waals surface area contributed by atoms with Crippen molar-refractivity contribution >= 4 is 21.9 Å². The molecule has 0 saturated carbocycles. The second-order valence-electron chi connectivity index (χ2n) is 4.76. The molecule has 0 saturated heterocycles. The smallest absolute Gasteiger partial charge is 0.341 e. The van der Waals surface area contributed by atoms with Gasteiger partial charge in [-0.05, 0) is 24.6 Å². The van der Waals surface area contributed by atoms with Gasteiger partial charge in [-0.2, -0.15) is 4.31 Å². The highest BCUT2D eigenvalue weighted by molar-refractivity contribution is 7.89. The van der Waals surface area contributed by atoms with Gasteiger partial charge in [-0.25, -0.2) is 13.2 Å². The summed E-state index contributed by atoms with van der Waals surface area (Å²) in [6, 6.07) is 6.62. The maximum atomic E-state index is 11.8. The molecule has 8 nitrogen and oxygen atoms in total. The maximum absolute atomic E-state index is 11.8. The number of carbonyl (C=O) groups excluding carboxylic acids is 1. The van der Waals surface area contributed by atoms with E-state index in [1.807, 2.05) is 0 Å². The van der Waals surface area contributed by atoms with Crippen LogP contribution in [0, 0.1) is 0 Å². The number of nitrogens with zero attached hydrogens (tertiary/aromatic N) is 1. The van der Waals surface area contributed by atoms with Gasteiger partial charge in [-0.3, -0.25) is 4.79 Å². The number of sulfonamides is 1. The minimum absolute atomic E-state index is 0.0697. The average Bonchev–Trinajstić information content (AvgIpc) is 2.51. The molecule has 0 bridgehead atoms. The third-order valence-corrected chi connectivity index (χ3v) is 4.76. The topological polar surface area (TPSA) is 113 Å². The van der Waals surface area contributed by atoms with Crippen molar-refractivity contribution in [3.05, 3.63) is 29.8 Å². The minimum atomic E-state index is -3.40. The maximum Gasteiger partial charge on any atom is 0.341 e. The monoisotopic (exact) mass is 344 g/mol. The Kier molecular flexibility index (Phi) is 6.98. The van der Waals surface area contributed by atoms with Gasteiger partial charge < -0.3 is 15.2 Å². The zero-order valence-electron chi connectivity index (χ0n) is 13.0.